The van der Waals surface area contributed by atoms with E-state index in [1.807, 2.05) is 6.07 Å². The fourth-order valence-electron chi connectivity index (χ4n) is 3.78. The third-order valence-corrected chi connectivity index (χ3v) is 5.79. The Bertz CT molecular complexity index is 634. The number of amides is 1. The first-order chi connectivity index (χ1) is 12.2. The molecule has 1 amide bonds. The number of rotatable bonds is 5. The molecule has 1 atom stereocenters. The number of likely N-dealkylation sites (tertiary alicyclic amines) is 1. The van der Waals surface area contributed by atoms with Gasteiger partial charge < -0.3 is 10.2 Å². The second-order valence-electron chi connectivity index (χ2n) is 7.08. The molecule has 0 aromatic heterocycles. The lowest BCUT2D eigenvalue weighted by Crippen LogP contribution is -2.42. The van der Waals surface area contributed by atoms with Crippen molar-refractivity contribution in [3.63, 3.8) is 0 Å². The zero-order chi connectivity index (χ0) is 17.6. The highest BCUT2D eigenvalue weighted by molar-refractivity contribution is 9.10. The molecule has 0 aliphatic carbocycles. The van der Waals surface area contributed by atoms with Gasteiger partial charge in [0.15, 0.2) is 0 Å². The molecule has 1 N–H and O–H groups in total. The van der Waals surface area contributed by atoms with Gasteiger partial charge in [0, 0.05) is 35.7 Å². The van der Waals surface area contributed by atoms with Crippen LogP contribution in [0, 0.1) is 24.2 Å². The van der Waals surface area contributed by atoms with Crippen LogP contribution in [-0.4, -0.2) is 50.1 Å². The summed E-state index contributed by atoms with van der Waals surface area (Å²) in [6.45, 7) is 5.42. The molecular formula is C20H26BrN3O. The van der Waals surface area contributed by atoms with Crippen LogP contribution in [0.4, 0.5) is 5.69 Å². The number of terminal acetylenes is 1. The number of piperidine rings is 1. The van der Waals surface area contributed by atoms with Crippen molar-refractivity contribution in [2.24, 2.45) is 11.8 Å². The number of hydrogen-bond acceptors (Lipinski definition) is 3. The number of nitrogens with zero attached hydrogens (tertiary/aromatic N) is 2. The molecule has 134 valence electrons. The first-order valence-corrected chi connectivity index (χ1v) is 9.89. The molecule has 2 aliphatic heterocycles. The Morgan fingerprint density at radius 3 is 2.80 bits per heavy atom. The Morgan fingerprint density at radius 1 is 1.28 bits per heavy atom. The van der Waals surface area contributed by atoms with E-state index in [1.165, 1.54) is 5.69 Å². The van der Waals surface area contributed by atoms with Crippen LogP contribution in [0.3, 0.4) is 0 Å². The molecule has 3 rings (SSSR count). The third kappa shape index (κ3) is 4.99. The van der Waals surface area contributed by atoms with Gasteiger partial charge in [-0.2, -0.15) is 0 Å². The van der Waals surface area contributed by atoms with Gasteiger partial charge in [0.05, 0.1) is 6.54 Å². The molecule has 1 aromatic carbocycles. The van der Waals surface area contributed by atoms with Gasteiger partial charge in [-0.05, 0) is 56.5 Å². The first kappa shape index (κ1) is 18.3. The van der Waals surface area contributed by atoms with E-state index < -0.39 is 0 Å². The molecule has 2 heterocycles. The van der Waals surface area contributed by atoms with Gasteiger partial charge >= 0.3 is 0 Å². The summed E-state index contributed by atoms with van der Waals surface area (Å²) < 4.78 is 1.11. The van der Waals surface area contributed by atoms with E-state index in [-0.39, 0.29) is 11.8 Å². The molecule has 1 aromatic rings. The topological polar surface area (TPSA) is 35.6 Å². The van der Waals surface area contributed by atoms with Crippen LogP contribution in [0.15, 0.2) is 28.7 Å². The Hall–Kier alpha value is -1.51. The average Bonchev–Trinajstić information content (AvgIpc) is 3.10. The number of nitrogens with one attached hydrogen (secondary N) is 1. The second-order valence-corrected chi connectivity index (χ2v) is 8.00. The van der Waals surface area contributed by atoms with Gasteiger partial charge in [0.25, 0.3) is 0 Å². The van der Waals surface area contributed by atoms with Crippen molar-refractivity contribution in [1.82, 2.24) is 10.2 Å². The third-order valence-electron chi connectivity index (χ3n) is 5.30. The second kappa shape index (κ2) is 8.73. The number of carbonyl (C=O) groups excluding carboxylic acids is 1. The van der Waals surface area contributed by atoms with Crippen LogP contribution < -0.4 is 10.2 Å². The fraction of sp³-hybridized carbons (Fsp3) is 0.550. The van der Waals surface area contributed by atoms with Gasteiger partial charge in [0.1, 0.15) is 0 Å². The predicted octanol–water partition coefficient (Wildman–Crippen LogP) is 2.74. The molecule has 2 fully saturated rings. The van der Waals surface area contributed by atoms with E-state index in [0.29, 0.717) is 12.5 Å². The Balaban J connectivity index is 1.41. The molecule has 0 bridgehead atoms. The molecule has 2 aliphatic rings. The number of halogens is 1. The van der Waals surface area contributed by atoms with Crippen molar-refractivity contribution in [2.45, 2.75) is 19.3 Å². The highest BCUT2D eigenvalue weighted by Crippen LogP contribution is 2.26. The van der Waals surface area contributed by atoms with Crippen LogP contribution in [0.25, 0.3) is 0 Å². The van der Waals surface area contributed by atoms with Crippen molar-refractivity contribution in [1.29, 1.82) is 0 Å². The van der Waals surface area contributed by atoms with E-state index in [9.17, 15) is 4.79 Å². The van der Waals surface area contributed by atoms with Crippen LogP contribution in [-0.2, 0) is 4.79 Å². The van der Waals surface area contributed by atoms with Gasteiger partial charge in [-0.3, -0.25) is 9.69 Å². The molecule has 5 heteroatoms. The summed E-state index contributed by atoms with van der Waals surface area (Å²) in [5.41, 5.74) is 1.25. The fourth-order valence-corrected chi connectivity index (χ4v) is 4.17. The molecule has 2 saturated heterocycles. The van der Waals surface area contributed by atoms with Gasteiger partial charge in [-0.25, -0.2) is 0 Å². The maximum absolute atomic E-state index is 12.4. The predicted molar refractivity (Wildman–Crippen MR) is 105 cm³/mol. The lowest BCUT2D eigenvalue weighted by molar-refractivity contribution is -0.126. The smallest absolute Gasteiger partial charge is 0.223 e. The number of anilines is 1. The Morgan fingerprint density at radius 2 is 2.08 bits per heavy atom. The van der Waals surface area contributed by atoms with E-state index >= 15 is 0 Å². The zero-order valence-corrected chi connectivity index (χ0v) is 16.2. The minimum atomic E-state index is 0.150. The normalized spacial score (nSPS) is 21.9. The summed E-state index contributed by atoms with van der Waals surface area (Å²) in [6, 6.07) is 8.42. The monoisotopic (exact) mass is 403 g/mol. The standard InChI is InChI=1S/C20H26BrN3O/c1-2-9-23-10-7-17(8-11-23)20(25)22-14-16-6-12-24(15-16)19-5-3-4-18(21)13-19/h1,3-5,13,16-17H,6-12,14-15H2,(H,22,25). The number of benzene rings is 1. The van der Waals surface area contributed by atoms with E-state index in [2.05, 4.69) is 55.2 Å². The summed E-state index contributed by atoms with van der Waals surface area (Å²) in [4.78, 5) is 17.1. The van der Waals surface area contributed by atoms with E-state index in [0.717, 1.165) is 56.5 Å². The minimum Gasteiger partial charge on any atom is -0.371 e. The van der Waals surface area contributed by atoms with Crippen LogP contribution in [0.1, 0.15) is 19.3 Å². The molecule has 25 heavy (non-hydrogen) atoms. The summed E-state index contributed by atoms with van der Waals surface area (Å²) in [6.07, 6.45) is 8.33. The quantitative estimate of drug-likeness (QED) is 0.767. The van der Waals surface area contributed by atoms with Crippen molar-refractivity contribution in [2.75, 3.05) is 44.2 Å². The highest BCUT2D eigenvalue weighted by Gasteiger charge is 2.27. The summed E-state index contributed by atoms with van der Waals surface area (Å²) in [5.74, 6) is 3.59. The maximum atomic E-state index is 12.4. The van der Waals surface area contributed by atoms with Crippen molar-refractivity contribution in [3.05, 3.63) is 28.7 Å². The maximum Gasteiger partial charge on any atom is 0.223 e. The zero-order valence-electron chi connectivity index (χ0n) is 14.6. The average molecular weight is 404 g/mol. The number of hydrogen-bond donors (Lipinski definition) is 1. The van der Waals surface area contributed by atoms with Crippen LogP contribution >= 0.6 is 15.9 Å². The summed E-state index contributed by atoms with van der Waals surface area (Å²) in [7, 11) is 0. The van der Waals surface area contributed by atoms with Crippen molar-refractivity contribution in [3.8, 4) is 12.3 Å². The summed E-state index contributed by atoms with van der Waals surface area (Å²) in [5, 5.41) is 3.19. The lowest BCUT2D eigenvalue weighted by Gasteiger charge is -2.30. The molecule has 4 nitrogen and oxygen atoms in total. The van der Waals surface area contributed by atoms with Crippen LogP contribution in [0.2, 0.25) is 0 Å². The highest BCUT2D eigenvalue weighted by atomic mass is 79.9. The molecule has 0 radical (unpaired) electrons. The lowest BCUT2D eigenvalue weighted by atomic mass is 9.95. The van der Waals surface area contributed by atoms with Gasteiger partial charge in [-0.1, -0.05) is 27.9 Å². The van der Waals surface area contributed by atoms with Gasteiger partial charge in [0.2, 0.25) is 5.91 Å². The minimum absolute atomic E-state index is 0.150. The summed E-state index contributed by atoms with van der Waals surface area (Å²) >= 11 is 3.53. The van der Waals surface area contributed by atoms with E-state index in [4.69, 9.17) is 6.42 Å². The van der Waals surface area contributed by atoms with E-state index in [1.54, 1.807) is 0 Å². The van der Waals surface area contributed by atoms with Crippen molar-refractivity contribution >= 4 is 27.5 Å². The Kier molecular flexibility index (Phi) is 6.39. The first-order valence-electron chi connectivity index (χ1n) is 9.09. The Labute approximate surface area is 159 Å². The van der Waals surface area contributed by atoms with Gasteiger partial charge in [-0.15, -0.1) is 6.42 Å². The number of carbonyl (C=O) groups is 1. The van der Waals surface area contributed by atoms with Crippen molar-refractivity contribution < 1.29 is 4.79 Å². The molecule has 1 unspecified atom stereocenters. The molecular weight excluding hydrogens is 378 g/mol. The molecule has 0 spiro atoms. The SMILES string of the molecule is C#CCN1CCC(C(=O)NCC2CCN(c3cccc(Br)c3)C2)CC1. The largest absolute Gasteiger partial charge is 0.371 e. The molecule has 0 saturated carbocycles. The van der Waals surface area contributed by atoms with Crippen LogP contribution in [0.5, 0.6) is 0 Å².